The Morgan fingerprint density at radius 2 is 0.911 bits per heavy atom. The summed E-state index contributed by atoms with van der Waals surface area (Å²) in [6.07, 6.45) is 0. The zero-order valence-electron chi connectivity index (χ0n) is 24.2. The quantitative estimate of drug-likeness (QED) is 0.205. The number of pyridine rings is 1. The molecule has 5 heteroatoms. The van der Waals surface area contributed by atoms with Crippen molar-refractivity contribution in [2.75, 3.05) is 0 Å². The largest absolute Gasteiger partial charge is 0.292 e. The highest BCUT2D eigenvalue weighted by atomic mass is 15.0. The normalized spacial score (nSPS) is 11.6. The average Bonchev–Trinajstić information content (AvgIpc) is 3.68. The predicted molar refractivity (Wildman–Crippen MR) is 182 cm³/mol. The van der Waals surface area contributed by atoms with Gasteiger partial charge in [-0.25, -0.2) is 19.9 Å². The molecular weight excluding hydrogens is 550 g/mol. The number of nitrogens with zero attached hydrogens (tertiary/aromatic N) is 5. The SMILES string of the molecule is c1ccc(-c2cccc(-c3nc(-c4ccccc4)nc(-c4ccc5c(c4)c4c(-c6ccccc6)nc6cccc5n64)n3)c2)cc1. The van der Waals surface area contributed by atoms with E-state index < -0.39 is 0 Å². The van der Waals surface area contributed by atoms with E-state index in [1.807, 2.05) is 42.5 Å². The van der Waals surface area contributed by atoms with E-state index in [4.69, 9.17) is 19.9 Å². The van der Waals surface area contributed by atoms with Crippen LogP contribution in [0.25, 0.3) is 84.0 Å². The molecule has 0 N–H and O–H groups in total. The minimum Gasteiger partial charge on any atom is -0.292 e. The fourth-order valence-electron chi connectivity index (χ4n) is 6.27. The van der Waals surface area contributed by atoms with Gasteiger partial charge in [0.15, 0.2) is 17.5 Å². The third-order valence-corrected chi connectivity index (χ3v) is 8.40. The molecule has 0 fully saturated rings. The van der Waals surface area contributed by atoms with Crippen LogP contribution in [0.3, 0.4) is 0 Å². The maximum Gasteiger partial charge on any atom is 0.164 e. The van der Waals surface area contributed by atoms with Gasteiger partial charge in [-0.3, -0.25) is 4.40 Å². The van der Waals surface area contributed by atoms with Crippen molar-refractivity contribution in [3.05, 3.63) is 152 Å². The topological polar surface area (TPSA) is 56.0 Å². The molecule has 4 aromatic heterocycles. The van der Waals surface area contributed by atoms with Crippen LogP contribution >= 0.6 is 0 Å². The third-order valence-electron chi connectivity index (χ3n) is 8.40. The zero-order chi connectivity index (χ0) is 29.7. The van der Waals surface area contributed by atoms with Gasteiger partial charge in [-0.1, -0.05) is 127 Å². The van der Waals surface area contributed by atoms with Crippen LogP contribution in [-0.2, 0) is 0 Å². The van der Waals surface area contributed by atoms with Crippen molar-refractivity contribution in [1.82, 2.24) is 24.3 Å². The second kappa shape index (κ2) is 10.2. The lowest BCUT2D eigenvalue weighted by Gasteiger charge is -2.10. The Balaban J connectivity index is 1.27. The Kier molecular flexibility index (Phi) is 5.74. The summed E-state index contributed by atoms with van der Waals surface area (Å²) in [6, 6.07) is 52.1. The van der Waals surface area contributed by atoms with Gasteiger partial charge in [0.2, 0.25) is 0 Å². The molecule has 9 aromatic rings. The van der Waals surface area contributed by atoms with Gasteiger partial charge in [0.25, 0.3) is 0 Å². The highest BCUT2D eigenvalue weighted by Gasteiger charge is 2.20. The second-order valence-corrected chi connectivity index (χ2v) is 11.2. The highest BCUT2D eigenvalue weighted by molar-refractivity contribution is 6.14. The summed E-state index contributed by atoms with van der Waals surface area (Å²) < 4.78 is 2.26. The lowest BCUT2D eigenvalue weighted by atomic mass is 10.0. The lowest BCUT2D eigenvalue weighted by Crippen LogP contribution is -2.00. The molecule has 210 valence electrons. The maximum absolute atomic E-state index is 5.08. The van der Waals surface area contributed by atoms with Crippen molar-refractivity contribution in [2.24, 2.45) is 0 Å². The molecule has 0 aliphatic heterocycles. The fraction of sp³-hybridized carbons (Fsp3) is 0. The van der Waals surface area contributed by atoms with E-state index >= 15 is 0 Å². The van der Waals surface area contributed by atoms with E-state index in [0.29, 0.717) is 17.5 Å². The van der Waals surface area contributed by atoms with Crippen molar-refractivity contribution >= 4 is 27.5 Å². The molecule has 0 amide bonds. The van der Waals surface area contributed by atoms with E-state index in [9.17, 15) is 0 Å². The average molecular weight is 576 g/mol. The Morgan fingerprint density at radius 1 is 0.356 bits per heavy atom. The van der Waals surface area contributed by atoms with Crippen LogP contribution in [0.2, 0.25) is 0 Å². The van der Waals surface area contributed by atoms with Gasteiger partial charge in [-0.15, -0.1) is 0 Å². The molecular formula is C40H25N5. The van der Waals surface area contributed by atoms with Crippen LogP contribution in [-0.4, -0.2) is 24.3 Å². The van der Waals surface area contributed by atoms with Crippen molar-refractivity contribution in [3.63, 3.8) is 0 Å². The van der Waals surface area contributed by atoms with Gasteiger partial charge in [0.05, 0.1) is 16.7 Å². The molecule has 45 heavy (non-hydrogen) atoms. The van der Waals surface area contributed by atoms with Gasteiger partial charge in [0.1, 0.15) is 5.65 Å². The maximum atomic E-state index is 5.08. The number of benzene rings is 5. The third kappa shape index (κ3) is 4.25. The van der Waals surface area contributed by atoms with Crippen LogP contribution in [0.5, 0.6) is 0 Å². The zero-order valence-corrected chi connectivity index (χ0v) is 24.2. The standard InChI is InChI=1S/C40H25N5/c1-4-12-26(13-5-1)29-18-10-19-30(24-29)39-42-38(28-16-8-3-9-17-28)43-40(44-39)31-22-23-32-33(25-31)37-36(27-14-6-2-7-15-27)41-35-21-11-20-34(32)45(35)37/h1-25H. The number of imidazole rings is 1. The van der Waals surface area contributed by atoms with Crippen LogP contribution in [0, 0.1) is 0 Å². The molecule has 0 radical (unpaired) electrons. The number of hydrogen-bond donors (Lipinski definition) is 0. The molecule has 0 bridgehead atoms. The Morgan fingerprint density at radius 3 is 1.62 bits per heavy atom. The van der Waals surface area contributed by atoms with E-state index in [1.165, 1.54) is 5.39 Å². The summed E-state index contributed by atoms with van der Waals surface area (Å²) in [5, 5.41) is 2.29. The van der Waals surface area contributed by atoms with Crippen molar-refractivity contribution in [2.45, 2.75) is 0 Å². The number of rotatable bonds is 5. The van der Waals surface area contributed by atoms with Crippen LogP contribution in [0.4, 0.5) is 0 Å². The van der Waals surface area contributed by atoms with Crippen molar-refractivity contribution in [3.8, 4) is 56.5 Å². The van der Waals surface area contributed by atoms with Gasteiger partial charge >= 0.3 is 0 Å². The summed E-state index contributed by atoms with van der Waals surface area (Å²) in [5.41, 5.74) is 10.3. The van der Waals surface area contributed by atoms with Crippen molar-refractivity contribution in [1.29, 1.82) is 0 Å². The molecule has 9 rings (SSSR count). The monoisotopic (exact) mass is 575 g/mol. The van der Waals surface area contributed by atoms with Gasteiger partial charge in [-0.2, -0.15) is 0 Å². The number of aromatic nitrogens is 5. The van der Waals surface area contributed by atoms with Crippen LogP contribution in [0.15, 0.2) is 152 Å². The minimum atomic E-state index is 0.629. The summed E-state index contributed by atoms with van der Waals surface area (Å²) in [5.74, 6) is 1.91. The first kappa shape index (κ1) is 25.3. The highest BCUT2D eigenvalue weighted by Crippen LogP contribution is 2.39. The molecule has 5 nitrogen and oxygen atoms in total. The summed E-state index contributed by atoms with van der Waals surface area (Å²) >= 11 is 0. The first-order valence-electron chi connectivity index (χ1n) is 15.0. The molecule has 0 aliphatic carbocycles. The Hall–Kier alpha value is -6.20. The molecule has 0 aliphatic rings. The Labute approximate surface area is 259 Å². The molecule has 0 spiro atoms. The molecule has 0 saturated heterocycles. The summed E-state index contributed by atoms with van der Waals surface area (Å²) in [6.45, 7) is 0. The molecule has 4 heterocycles. The Bertz CT molecular complexity index is 2470. The smallest absolute Gasteiger partial charge is 0.164 e. The van der Waals surface area contributed by atoms with E-state index in [0.717, 1.165) is 61.1 Å². The minimum absolute atomic E-state index is 0.629. The molecule has 0 saturated carbocycles. The van der Waals surface area contributed by atoms with E-state index in [-0.39, 0.29) is 0 Å². The second-order valence-electron chi connectivity index (χ2n) is 11.2. The molecule has 0 atom stereocenters. The summed E-state index contributed by atoms with van der Waals surface area (Å²) in [4.78, 5) is 20.1. The number of fused-ring (bicyclic) bond motifs is 3. The van der Waals surface area contributed by atoms with Gasteiger partial charge in [-0.05, 0) is 35.4 Å². The first-order chi connectivity index (χ1) is 22.3. The fourth-order valence-corrected chi connectivity index (χ4v) is 6.27. The molecule has 5 aromatic carbocycles. The first-order valence-corrected chi connectivity index (χ1v) is 15.0. The van der Waals surface area contributed by atoms with Crippen molar-refractivity contribution < 1.29 is 0 Å². The van der Waals surface area contributed by atoms with Crippen LogP contribution in [0.1, 0.15) is 0 Å². The lowest BCUT2D eigenvalue weighted by molar-refractivity contribution is 1.07. The predicted octanol–water partition coefficient (Wildman–Crippen LogP) is 9.60. The number of hydrogen-bond acceptors (Lipinski definition) is 4. The van der Waals surface area contributed by atoms with E-state index in [1.54, 1.807) is 0 Å². The summed E-state index contributed by atoms with van der Waals surface area (Å²) in [7, 11) is 0. The van der Waals surface area contributed by atoms with Gasteiger partial charge < -0.3 is 0 Å². The van der Waals surface area contributed by atoms with E-state index in [2.05, 4.69) is 114 Å². The van der Waals surface area contributed by atoms with Crippen LogP contribution < -0.4 is 0 Å². The van der Waals surface area contributed by atoms with Gasteiger partial charge in [0, 0.05) is 33.0 Å². The molecule has 0 unspecified atom stereocenters.